The average Bonchev–Trinajstić information content (AvgIpc) is 2.34. The molecule has 4 nitrogen and oxygen atoms in total. The maximum absolute atomic E-state index is 11.0. The Balaban J connectivity index is 2.90. The molecule has 1 aromatic heterocycles. The van der Waals surface area contributed by atoms with Crippen molar-refractivity contribution >= 4 is 21.9 Å². The van der Waals surface area contributed by atoms with Crippen molar-refractivity contribution in [3.05, 3.63) is 15.9 Å². The molecule has 0 spiro atoms. The number of esters is 1. The number of carbonyl (C=O) groups is 1. The number of methoxy groups -OCH3 is 1. The lowest BCUT2D eigenvalue weighted by Gasteiger charge is -2.01. The van der Waals surface area contributed by atoms with Crippen LogP contribution in [0.3, 0.4) is 0 Å². The molecule has 1 aromatic rings. The lowest BCUT2D eigenvalue weighted by molar-refractivity contribution is -0.141. The van der Waals surface area contributed by atoms with Crippen LogP contribution in [0.4, 0.5) is 0 Å². The minimum atomic E-state index is -0.293. The first-order valence-electron chi connectivity index (χ1n) is 3.82. The smallest absolute Gasteiger partial charge is 0.327 e. The fraction of sp³-hybridized carbons (Fsp3) is 0.500. The number of halogens is 1. The Morgan fingerprint density at radius 1 is 1.62 bits per heavy atom. The Kier molecular flexibility index (Phi) is 3.08. The van der Waals surface area contributed by atoms with E-state index >= 15 is 0 Å². The van der Waals surface area contributed by atoms with Crippen molar-refractivity contribution in [2.24, 2.45) is 0 Å². The first-order chi connectivity index (χ1) is 6.06. The second kappa shape index (κ2) is 3.91. The quantitative estimate of drug-likeness (QED) is 0.742. The molecule has 0 saturated heterocycles. The number of aryl methyl sites for hydroxylation is 1. The van der Waals surface area contributed by atoms with Gasteiger partial charge in [0, 0.05) is 0 Å². The molecular weight excluding hydrogens is 236 g/mol. The van der Waals surface area contributed by atoms with E-state index < -0.39 is 0 Å². The highest BCUT2D eigenvalue weighted by Gasteiger charge is 2.11. The Hall–Kier alpha value is -0.840. The number of ether oxygens (including phenoxy) is 1. The lowest BCUT2D eigenvalue weighted by atomic mass is 10.4. The van der Waals surface area contributed by atoms with Crippen LogP contribution in [0, 0.1) is 13.8 Å². The van der Waals surface area contributed by atoms with Gasteiger partial charge in [0.1, 0.15) is 6.54 Å². The lowest BCUT2D eigenvalue weighted by Crippen LogP contribution is -2.13. The molecule has 0 bridgehead atoms. The molecule has 1 heterocycles. The van der Waals surface area contributed by atoms with Crippen LogP contribution < -0.4 is 0 Å². The number of rotatable bonds is 2. The molecule has 0 saturated carbocycles. The normalized spacial score (nSPS) is 10.2. The maximum Gasteiger partial charge on any atom is 0.327 e. The minimum Gasteiger partial charge on any atom is -0.468 e. The molecule has 0 N–H and O–H groups in total. The van der Waals surface area contributed by atoms with Crippen molar-refractivity contribution in [3.63, 3.8) is 0 Å². The topological polar surface area (TPSA) is 44.1 Å². The number of carbonyl (C=O) groups excluding carboxylic acids is 1. The van der Waals surface area contributed by atoms with Crippen LogP contribution in [0.15, 0.2) is 4.47 Å². The van der Waals surface area contributed by atoms with Crippen molar-refractivity contribution in [1.82, 2.24) is 9.78 Å². The van der Waals surface area contributed by atoms with Crippen LogP contribution in [0.5, 0.6) is 0 Å². The van der Waals surface area contributed by atoms with E-state index in [4.69, 9.17) is 0 Å². The first kappa shape index (κ1) is 10.2. The summed E-state index contributed by atoms with van der Waals surface area (Å²) < 4.78 is 7.10. The second-order valence-corrected chi connectivity index (χ2v) is 3.51. The molecule has 13 heavy (non-hydrogen) atoms. The van der Waals surface area contributed by atoms with Crippen LogP contribution in [0.1, 0.15) is 11.4 Å². The van der Waals surface area contributed by atoms with Crippen molar-refractivity contribution in [2.75, 3.05) is 7.11 Å². The van der Waals surface area contributed by atoms with Gasteiger partial charge in [-0.1, -0.05) is 0 Å². The molecule has 0 unspecified atom stereocenters. The van der Waals surface area contributed by atoms with E-state index in [1.807, 2.05) is 13.8 Å². The molecule has 0 aliphatic heterocycles. The third-order valence-electron chi connectivity index (χ3n) is 1.80. The number of hydrogen-bond acceptors (Lipinski definition) is 3. The van der Waals surface area contributed by atoms with E-state index in [1.54, 1.807) is 4.68 Å². The predicted molar refractivity (Wildman–Crippen MR) is 51.4 cm³/mol. The van der Waals surface area contributed by atoms with Crippen molar-refractivity contribution in [2.45, 2.75) is 20.4 Å². The summed E-state index contributed by atoms with van der Waals surface area (Å²) in [6.45, 7) is 3.94. The summed E-state index contributed by atoms with van der Waals surface area (Å²) in [5, 5.41) is 4.17. The molecule has 0 aliphatic carbocycles. The van der Waals surface area contributed by atoms with Gasteiger partial charge in [-0.25, -0.2) is 0 Å². The van der Waals surface area contributed by atoms with E-state index in [2.05, 4.69) is 25.8 Å². The average molecular weight is 247 g/mol. The molecule has 0 fully saturated rings. The molecule has 0 aliphatic rings. The highest BCUT2D eigenvalue weighted by molar-refractivity contribution is 9.10. The molecule has 0 atom stereocenters. The van der Waals surface area contributed by atoms with Gasteiger partial charge in [-0.2, -0.15) is 5.10 Å². The fourth-order valence-electron chi connectivity index (χ4n) is 1.02. The van der Waals surface area contributed by atoms with Crippen LogP contribution in [-0.2, 0) is 16.1 Å². The maximum atomic E-state index is 11.0. The van der Waals surface area contributed by atoms with E-state index in [0.717, 1.165) is 15.9 Å². The summed E-state index contributed by atoms with van der Waals surface area (Å²) in [4.78, 5) is 11.0. The monoisotopic (exact) mass is 246 g/mol. The summed E-state index contributed by atoms with van der Waals surface area (Å²) in [7, 11) is 1.36. The Bertz CT molecular complexity index is 333. The molecule has 5 heteroatoms. The van der Waals surface area contributed by atoms with Gasteiger partial charge in [0.25, 0.3) is 0 Å². The van der Waals surface area contributed by atoms with E-state index in [9.17, 15) is 4.79 Å². The van der Waals surface area contributed by atoms with Gasteiger partial charge in [-0.05, 0) is 29.8 Å². The van der Waals surface area contributed by atoms with Gasteiger partial charge in [-0.3, -0.25) is 9.48 Å². The standard InChI is InChI=1S/C8H11BrN2O2/c1-5-8(9)6(2)11(10-5)4-7(12)13-3/h4H2,1-3H3. The van der Waals surface area contributed by atoms with Crippen molar-refractivity contribution in [3.8, 4) is 0 Å². The summed E-state index contributed by atoms with van der Waals surface area (Å²) in [5.41, 5.74) is 1.81. The minimum absolute atomic E-state index is 0.161. The molecule has 0 aromatic carbocycles. The molecule has 72 valence electrons. The summed E-state index contributed by atoms with van der Waals surface area (Å²) in [6.07, 6.45) is 0. The number of hydrogen-bond donors (Lipinski definition) is 0. The van der Waals surface area contributed by atoms with Crippen LogP contribution >= 0.6 is 15.9 Å². The van der Waals surface area contributed by atoms with Gasteiger partial charge < -0.3 is 4.74 Å². The zero-order valence-electron chi connectivity index (χ0n) is 7.80. The summed E-state index contributed by atoms with van der Waals surface area (Å²) in [6, 6.07) is 0. The van der Waals surface area contributed by atoms with Crippen LogP contribution in [-0.4, -0.2) is 22.9 Å². The van der Waals surface area contributed by atoms with Gasteiger partial charge in [0.05, 0.1) is 23.0 Å². The Morgan fingerprint density at radius 2 is 2.23 bits per heavy atom. The van der Waals surface area contributed by atoms with E-state index in [-0.39, 0.29) is 12.5 Å². The van der Waals surface area contributed by atoms with Crippen molar-refractivity contribution < 1.29 is 9.53 Å². The van der Waals surface area contributed by atoms with Crippen LogP contribution in [0.25, 0.3) is 0 Å². The van der Waals surface area contributed by atoms with Crippen molar-refractivity contribution in [1.29, 1.82) is 0 Å². The third-order valence-corrected chi connectivity index (χ3v) is 2.95. The fourth-order valence-corrected chi connectivity index (χ4v) is 1.30. The zero-order valence-corrected chi connectivity index (χ0v) is 9.38. The Labute approximate surface area is 85.0 Å². The number of nitrogens with zero attached hydrogens (tertiary/aromatic N) is 2. The molecule has 0 radical (unpaired) electrons. The van der Waals surface area contributed by atoms with E-state index in [0.29, 0.717) is 0 Å². The summed E-state index contributed by atoms with van der Waals surface area (Å²) >= 11 is 3.38. The van der Waals surface area contributed by atoms with Gasteiger partial charge >= 0.3 is 5.97 Å². The molecule has 1 rings (SSSR count). The largest absolute Gasteiger partial charge is 0.468 e. The second-order valence-electron chi connectivity index (χ2n) is 2.72. The highest BCUT2D eigenvalue weighted by Crippen LogP contribution is 2.19. The number of aromatic nitrogens is 2. The predicted octanol–water partition coefficient (Wildman–Crippen LogP) is 1.44. The zero-order chi connectivity index (χ0) is 10.0. The Morgan fingerprint density at radius 3 is 2.62 bits per heavy atom. The summed E-state index contributed by atoms with van der Waals surface area (Å²) in [5.74, 6) is -0.293. The third kappa shape index (κ3) is 2.09. The highest BCUT2D eigenvalue weighted by atomic mass is 79.9. The SMILES string of the molecule is COC(=O)Cn1nc(C)c(Br)c1C. The van der Waals surface area contributed by atoms with Gasteiger partial charge in [0.15, 0.2) is 0 Å². The van der Waals surface area contributed by atoms with E-state index in [1.165, 1.54) is 7.11 Å². The van der Waals surface area contributed by atoms with Crippen LogP contribution in [0.2, 0.25) is 0 Å². The molecule has 0 amide bonds. The first-order valence-corrected chi connectivity index (χ1v) is 4.62. The molecular formula is C8H11BrN2O2. The van der Waals surface area contributed by atoms with Gasteiger partial charge in [-0.15, -0.1) is 0 Å². The van der Waals surface area contributed by atoms with Gasteiger partial charge in [0.2, 0.25) is 0 Å².